The number of nitrogens with one attached hydrogen (secondary N) is 1. The number of likely N-dealkylation sites (tertiary alicyclic amines) is 1. The quantitative estimate of drug-likeness (QED) is 0.428. The molecule has 0 radical (unpaired) electrons. The van der Waals surface area contributed by atoms with E-state index in [-0.39, 0.29) is 17.6 Å². The van der Waals surface area contributed by atoms with Gasteiger partial charge in [-0.3, -0.25) is 9.59 Å². The van der Waals surface area contributed by atoms with Crippen molar-refractivity contribution in [1.29, 1.82) is 0 Å². The van der Waals surface area contributed by atoms with Crippen LogP contribution in [0.2, 0.25) is 0 Å². The summed E-state index contributed by atoms with van der Waals surface area (Å²) in [7, 11) is 0. The second-order valence-corrected chi connectivity index (χ2v) is 11.2. The van der Waals surface area contributed by atoms with Gasteiger partial charge in [0.1, 0.15) is 11.4 Å². The van der Waals surface area contributed by atoms with E-state index in [0.717, 1.165) is 17.8 Å². The summed E-state index contributed by atoms with van der Waals surface area (Å²) in [4.78, 5) is 50.1. The lowest BCUT2D eigenvalue weighted by Gasteiger charge is -2.33. The Balaban J connectivity index is 1.36. The van der Waals surface area contributed by atoms with Gasteiger partial charge in [-0.25, -0.2) is 14.8 Å². The van der Waals surface area contributed by atoms with E-state index in [1.54, 1.807) is 17.0 Å². The van der Waals surface area contributed by atoms with E-state index in [0.29, 0.717) is 75.1 Å². The van der Waals surface area contributed by atoms with E-state index in [1.807, 2.05) is 51.1 Å². The summed E-state index contributed by atoms with van der Waals surface area (Å²) in [6.45, 7) is 8.92. The molecule has 1 aromatic carbocycles. The number of carbonyl (C=O) groups excluding carboxylic acids is 3. The fourth-order valence-corrected chi connectivity index (χ4v) is 4.87. The van der Waals surface area contributed by atoms with Gasteiger partial charge >= 0.3 is 6.09 Å². The number of piperidine rings is 1. The number of furan rings is 1. The summed E-state index contributed by atoms with van der Waals surface area (Å²) in [5.41, 5.74) is 1.45. The van der Waals surface area contributed by atoms with E-state index in [9.17, 15) is 14.4 Å². The lowest BCUT2D eigenvalue weighted by Crippen LogP contribution is -2.45. The number of rotatable bonds is 6. The summed E-state index contributed by atoms with van der Waals surface area (Å²) in [6.07, 6.45) is 1.66. The van der Waals surface area contributed by atoms with Gasteiger partial charge in [0.2, 0.25) is 5.91 Å². The Kier molecular flexibility index (Phi) is 8.34. The SMILES string of the molecule is CC(C)(C)OC(=O)N1CCCC(C(=O)Nc2cccc(-c3cc(N4CCOCC4)nc(-c4ccc(C=O)o4)n3)c2)C1. The molecule has 2 aromatic heterocycles. The molecule has 4 heterocycles. The zero-order valence-corrected chi connectivity index (χ0v) is 23.6. The van der Waals surface area contributed by atoms with E-state index < -0.39 is 11.7 Å². The number of carbonyl (C=O) groups is 3. The van der Waals surface area contributed by atoms with Crippen LogP contribution in [0.5, 0.6) is 0 Å². The van der Waals surface area contributed by atoms with Crippen molar-refractivity contribution in [2.24, 2.45) is 5.92 Å². The maximum absolute atomic E-state index is 13.2. The van der Waals surface area contributed by atoms with Crippen LogP contribution in [0.3, 0.4) is 0 Å². The number of hydrogen-bond acceptors (Lipinski definition) is 9. The van der Waals surface area contributed by atoms with Crippen molar-refractivity contribution in [2.75, 3.05) is 49.6 Å². The molecule has 0 spiro atoms. The van der Waals surface area contributed by atoms with Gasteiger partial charge in [-0.1, -0.05) is 12.1 Å². The van der Waals surface area contributed by atoms with Crippen molar-refractivity contribution in [3.63, 3.8) is 0 Å². The first kappa shape index (κ1) is 28.3. The molecule has 1 unspecified atom stereocenters. The second-order valence-electron chi connectivity index (χ2n) is 11.2. The van der Waals surface area contributed by atoms with Gasteiger partial charge in [-0.2, -0.15) is 0 Å². The van der Waals surface area contributed by atoms with Gasteiger partial charge in [0, 0.05) is 43.5 Å². The summed E-state index contributed by atoms with van der Waals surface area (Å²) < 4.78 is 16.6. The van der Waals surface area contributed by atoms with E-state index in [1.165, 1.54) is 0 Å². The molecule has 41 heavy (non-hydrogen) atoms. The van der Waals surface area contributed by atoms with Crippen molar-refractivity contribution in [3.8, 4) is 22.8 Å². The number of hydrogen-bond donors (Lipinski definition) is 1. The predicted octanol–water partition coefficient (Wildman–Crippen LogP) is 4.64. The van der Waals surface area contributed by atoms with Gasteiger partial charge in [-0.15, -0.1) is 0 Å². The number of nitrogens with zero attached hydrogens (tertiary/aromatic N) is 4. The number of aromatic nitrogens is 2. The molecule has 1 N–H and O–H groups in total. The van der Waals surface area contributed by atoms with Gasteiger partial charge in [0.05, 0.1) is 24.8 Å². The molecule has 3 aromatic rings. The Morgan fingerprint density at radius 2 is 1.88 bits per heavy atom. The molecule has 11 nitrogen and oxygen atoms in total. The molecular weight excluding hydrogens is 526 g/mol. The normalized spacial score (nSPS) is 17.7. The smallest absolute Gasteiger partial charge is 0.410 e. The first-order valence-electron chi connectivity index (χ1n) is 13.8. The number of aldehydes is 1. The summed E-state index contributed by atoms with van der Waals surface area (Å²) in [6, 6.07) is 12.6. The summed E-state index contributed by atoms with van der Waals surface area (Å²) in [5, 5.41) is 3.02. The average molecular weight is 562 g/mol. The van der Waals surface area contributed by atoms with E-state index in [2.05, 4.69) is 10.2 Å². The molecule has 2 aliphatic rings. The highest BCUT2D eigenvalue weighted by molar-refractivity contribution is 5.93. The Morgan fingerprint density at radius 1 is 1.07 bits per heavy atom. The van der Waals surface area contributed by atoms with Crippen molar-refractivity contribution in [1.82, 2.24) is 14.9 Å². The largest absolute Gasteiger partial charge is 0.450 e. The van der Waals surface area contributed by atoms with Crippen LogP contribution < -0.4 is 10.2 Å². The zero-order valence-electron chi connectivity index (χ0n) is 23.6. The number of benzene rings is 1. The van der Waals surface area contributed by atoms with Crippen LogP contribution in [-0.2, 0) is 14.3 Å². The molecule has 216 valence electrons. The third kappa shape index (κ3) is 7.10. The highest BCUT2D eigenvalue weighted by atomic mass is 16.6. The molecule has 2 saturated heterocycles. The van der Waals surface area contributed by atoms with Gasteiger partial charge < -0.3 is 29.0 Å². The van der Waals surface area contributed by atoms with Crippen molar-refractivity contribution < 1.29 is 28.3 Å². The van der Waals surface area contributed by atoms with Crippen molar-refractivity contribution in [3.05, 3.63) is 48.2 Å². The predicted molar refractivity (Wildman–Crippen MR) is 153 cm³/mol. The highest BCUT2D eigenvalue weighted by Gasteiger charge is 2.31. The maximum Gasteiger partial charge on any atom is 0.410 e. The van der Waals surface area contributed by atoms with Crippen molar-refractivity contribution in [2.45, 2.75) is 39.2 Å². The van der Waals surface area contributed by atoms with Gasteiger partial charge in [0.25, 0.3) is 0 Å². The first-order chi connectivity index (χ1) is 19.7. The Bertz CT molecular complexity index is 1410. The van der Waals surface area contributed by atoms with Crippen LogP contribution >= 0.6 is 0 Å². The van der Waals surface area contributed by atoms with E-state index >= 15 is 0 Å². The van der Waals surface area contributed by atoms with Gasteiger partial charge in [-0.05, 0) is 57.9 Å². The molecular formula is C30H35N5O6. The zero-order chi connectivity index (χ0) is 29.0. The topological polar surface area (TPSA) is 127 Å². The minimum absolute atomic E-state index is 0.148. The monoisotopic (exact) mass is 561 g/mol. The molecule has 5 rings (SSSR count). The maximum atomic E-state index is 13.2. The number of amides is 2. The fraction of sp³-hybridized carbons (Fsp3) is 0.433. The molecule has 2 aliphatic heterocycles. The highest BCUT2D eigenvalue weighted by Crippen LogP contribution is 2.29. The molecule has 2 fully saturated rings. The molecule has 0 aliphatic carbocycles. The summed E-state index contributed by atoms with van der Waals surface area (Å²) >= 11 is 0. The molecule has 0 bridgehead atoms. The van der Waals surface area contributed by atoms with Gasteiger partial charge in [0.15, 0.2) is 23.6 Å². The lowest BCUT2D eigenvalue weighted by atomic mass is 9.97. The molecule has 11 heteroatoms. The Labute approximate surface area is 238 Å². The van der Waals surface area contributed by atoms with Crippen LogP contribution in [0, 0.1) is 5.92 Å². The minimum Gasteiger partial charge on any atom is -0.450 e. The second kappa shape index (κ2) is 12.1. The molecule has 0 saturated carbocycles. The number of ether oxygens (including phenoxy) is 2. The average Bonchev–Trinajstić information content (AvgIpc) is 3.46. The number of anilines is 2. The van der Waals surface area contributed by atoms with Crippen LogP contribution in [-0.4, -0.2) is 78.1 Å². The molecule has 1 atom stereocenters. The molecule has 2 amide bonds. The van der Waals surface area contributed by atoms with E-state index in [4.69, 9.17) is 23.9 Å². The third-order valence-corrected chi connectivity index (χ3v) is 6.88. The third-order valence-electron chi connectivity index (χ3n) is 6.88. The van der Waals surface area contributed by atoms with Crippen LogP contribution in [0.15, 0.2) is 46.9 Å². The van der Waals surface area contributed by atoms with Crippen molar-refractivity contribution >= 4 is 29.8 Å². The lowest BCUT2D eigenvalue weighted by molar-refractivity contribution is -0.121. The first-order valence-corrected chi connectivity index (χ1v) is 13.8. The Morgan fingerprint density at radius 3 is 2.61 bits per heavy atom. The van der Waals surface area contributed by atoms with Crippen LogP contribution in [0.25, 0.3) is 22.8 Å². The standard InChI is InChI=1S/C30H35N5O6/c1-30(2,3)41-29(38)35-11-5-7-21(18-35)28(37)31-22-8-4-6-20(16-22)24-17-26(34-12-14-39-15-13-34)33-27(32-24)25-10-9-23(19-36)40-25/h4,6,8-10,16-17,19,21H,5,7,11-15,18H2,1-3H3,(H,31,37). The minimum atomic E-state index is -0.594. The Hall–Kier alpha value is -4.25. The van der Waals surface area contributed by atoms with Crippen LogP contribution in [0.1, 0.15) is 44.2 Å². The fourth-order valence-electron chi connectivity index (χ4n) is 4.87. The summed E-state index contributed by atoms with van der Waals surface area (Å²) in [5.74, 6) is 1.17. The van der Waals surface area contributed by atoms with Crippen LogP contribution in [0.4, 0.5) is 16.3 Å². The number of morpholine rings is 1.